The van der Waals surface area contributed by atoms with Crippen LogP contribution in [-0.2, 0) is 16.4 Å². The maximum absolute atomic E-state index is 12.1. The van der Waals surface area contributed by atoms with Crippen molar-refractivity contribution in [3.05, 3.63) is 21.3 Å². The molecule has 0 spiro atoms. The van der Waals surface area contributed by atoms with E-state index in [0.29, 0.717) is 30.4 Å². The summed E-state index contributed by atoms with van der Waals surface area (Å²) in [5.74, 6) is 0.382. The van der Waals surface area contributed by atoms with Gasteiger partial charge < -0.3 is 10.2 Å². The second-order valence-electron chi connectivity index (χ2n) is 5.22. The van der Waals surface area contributed by atoms with Gasteiger partial charge in [0, 0.05) is 18.0 Å². The predicted molar refractivity (Wildman–Crippen MR) is 78.8 cm³/mol. The van der Waals surface area contributed by atoms with Gasteiger partial charge in [-0.15, -0.1) is 11.3 Å². The number of amides is 2. The van der Waals surface area contributed by atoms with Crippen molar-refractivity contribution in [1.82, 2.24) is 10.2 Å². The van der Waals surface area contributed by atoms with E-state index < -0.39 is 9.84 Å². The molecule has 0 radical (unpaired) electrons. The highest BCUT2D eigenvalue weighted by Gasteiger charge is 2.47. The van der Waals surface area contributed by atoms with Crippen LogP contribution < -0.4 is 5.32 Å². The summed E-state index contributed by atoms with van der Waals surface area (Å²) >= 11 is 7.25. The quantitative estimate of drug-likeness (QED) is 0.895. The zero-order valence-corrected chi connectivity index (χ0v) is 13.1. The standard InChI is InChI=1S/C12H15ClN2O3S2/c13-11-2-1-9(19-11)5-14-12(16)15-6-8-3-4-20(17,18)10(8)7-15/h1-2,8,10H,3-7H2,(H,14,16)/t8-,10+/m0/s1. The number of fused-ring (bicyclic) bond motifs is 1. The van der Waals surface area contributed by atoms with E-state index in [-0.39, 0.29) is 23.0 Å². The van der Waals surface area contributed by atoms with Crippen LogP contribution in [0.25, 0.3) is 0 Å². The Labute approximate surface area is 126 Å². The molecule has 1 N–H and O–H groups in total. The van der Waals surface area contributed by atoms with E-state index in [2.05, 4.69) is 5.32 Å². The third kappa shape index (κ3) is 2.66. The first kappa shape index (κ1) is 14.2. The number of carbonyl (C=O) groups is 1. The van der Waals surface area contributed by atoms with Crippen molar-refractivity contribution in [2.45, 2.75) is 18.2 Å². The predicted octanol–water partition coefficient (Wildman–Crippen LogP) is 1.73. The Bertz CT molecular complexity index is 628. The fraction of sp³-hybridized carbons (Fsp3) is 0.583. The largest absolute Gasteiger partial charge is 0.333 e. The fourth-order valence-corrected chi connectivity index (χ4v) is 6.06. The van der Waals surface area contributed by atoms with Crippen molar-refractivity contribution in [1.29, 1.82) is 0 Å². The molecule has 2 amide bonds. The molecule has 20 heavy (non-hydrogen) atoms. The number of rotatable bonds is 2. The van der Waals surface area contributed by atoms with Gasteiger partial charge in [0.15, 0.2) is 9.84 Å². The van der Waals surface area contributed by atoms with Crippen LogP contribution in [0.15, 0.2) is 12.1 Å². The van der Waals surface area contributed by atoms with E-state index in [0.717, 1.165) is 4.88 Å². The molecule has 110 valence electrons. The Morgan fingerprint density at radius 2 is 2.25 bits per heavy atom. The molecule has 0 unspecified atom stereocenters. The first-order valence-corrected chi connectivity index (χ1v) is 9.35. The number of urea groups is 1. The van der Waals surface area contributed by atoms with Gasteiger partial charge in [0.2, 0.25) is 0 Å². The minimum absolute atomic E-state index is 0.113. The molecule has 0 aliphatic carbocycles. The van der Waals surface area contributed by atoms with Gasteiger partial charge in [-0.25, -0.2) is 13.2 Å². The maximum Gasteiger partial charge on any atom is 0.317 e. The summed E-state index contributed by atoms with van der Waals surface area (Å²) < 4.78 is 24.3. The SMILES string of the molecule is O=C(NCc1ccc(Cl)s1)N1C[C@@H]2CCS(=O)(=O)[C@@H]2C1. The molecule has 0 bridgehead atoms. The van der Waals surface area contributed by atoms with Gasteiger partial charge in [0.1, 0.15) is 0 Å². The van der Waals surface area contributed by atoms with Crippen LogP contribution >= 0.6 is 22.9 Å². The molecule has 2 saturated heterocycles. The van der Waals surface area contributed by atoms with Crippen molar-refractivity contribution in [2.24, 2.45) is 5.92 Å². The smallest absolute Gasteiger partial charge is 0.317 e. The van der Waals surface area contributed by atoms with Crippen molar-refractivity contribution in [3.63, 3.8) is 0 Å². The summed E-state index contributed by atoms with van der Waals surface area (Å²) in [6.45, 7) is 1.29. The normalized spacial score (nSPS) is 27.6. The van der Waals surface area contributed by atoms with Crippen molar-refractivity contribution in [2.75, 3.05) is 18.8 Å². The van der Waals surface area contributed by atoms with Crippen molar-refractivity contribution >= 4 is 38.8 Å². The Hall–Kier alpha value is -0.790. The number of likely N-dealkylation sites (tertiary alicyclic amines) is 1. The highest BCUT2D eigenvalue weighted by Crippen LogP contribution is 2.33. The van der Waals surface area contributed by atoms with Gasteiger partial charge in [-0.3, -0.25) is 0 Å². The van der Waals surface area contributed by atoms with Crippen LogP contribution in [0.1, 0.15) is 11.3 Å². The molecule has 8 heteroatoms. The highest BCUT2D eigenvalue weighted by molar-refractivity contribution is 7.92. The lowest BCUT2D eigenvalue weighted by Crippen LogP contribution is -2.39. The lowest BCUT2D eigenvalue weighted by Gasteiger charge is -2.17. The van der Waals surface area contributed by atoms with Crippen LogP contribution in [0.3, 0.4) is 0 Å². The summed E-state index contributed by atoms with van der Waals surface area (Å²) in [6.07, 6.45) is 0.678. The molecule has 2 aliphatic heterocycles. The summed E-state index contributed by atoms with van der Waals surface area (Å²) in [5.41, 5.74) is 0. The van der Waals surface area contributed by atoms with Crippen LogP contribution in [0.2, 0.25) is 4.34 Å². The molecule has 0 saturated carbocycles. The monoisotopic (exact) mass is 334 g/mol. The van der Waals surface area contributed by atoms with Crippen molar-refractivity contribution < 1.29 is 13.2 Å². The molecular formula is C12H15ClN2O3S2. The molecule has 2 aliphatic rings. The summed E-state index contributed by atoms with van der Waals surface area (Å²) in [4.78, 5) is 14.7. The van der Waals surface area contributed by atoms with Gasteiger partial charge in [-0.2, -0.15) is 0 Å². The molecule has 2 atom stereocenters. The fourth-order valence-electron chi connectivity index (χ4n) is 2.88. The minimum Gasteiger partial charge on any atom is -0.333 e. The number of halogens is 1. The lowest BCUT2D eigenvalue weighted by atomic mass is 10.1. The van der Waals surface area contributed by atoms with Crippen LogP contribution in [0, 0.1) is 5.92 Å². The summed E-state index contributed by atoms with van der Waals surface area (Å²) in [6, 6.07) is 3.47. The number of nitrogens with zero attached hydrogens (tertiary/aromatic N) is 1. The average Bonchev–Trinajstić information content (AvgIpc) is 3.05. The zero-order chi connectivity index (χ0) is 14.3. The first-order valence-electron chi connectivity index (χ1n) is 6.44. The second kappa shape index (κ2) is 5.20. The average molecular weight is 335 g/mol. The van der Waals surface area contributed by atoms with Crippen LogP contribution in [0.4, 0.5) is 4.79 Å². The van der Waals surface area contributed by atoms with E-state index in [9.17, 15) is 13.2 Å². The number of nitrogens with one attached hydrogen (secondary N) is 1. The van der Waals surface area contributed by atoms with Crippen LogP contribution in [0.5, 0.6) is 0 Å². The van der Waals surface area contributed by atoms with Gasteiger partial charge in [0.05, 0.1) is 21.9 Å². The van der Waals surface area contributed by atoms with Gasteiger partial charge in [0.25, 0.3) is 0 Å². The highest BCUT2D eigenvalue weighted by atomic mass is 35.5. The van der Waals surface area contributed by atoms with Crippen LogP contribution in [-0.4, -0.2) is 43.4 Å². The van der Waals surface area contributed by atoms with Crippen molar-refractivity contribution in [3.8, 4) is 0 Å². The van der Waals surface area contributed by atoms with Gasteiger partial charge >= 0.3 is 6.03 Å². The molecule has 1 aromatic rings. The number of thiophene rings is 1. The van der Waals surface area contributed by atoms with Gasteiger partial charge in [-0.05, 0) is 24.5 Å². The Morgan fingerprint density at radius 3 is 2.90 bits per heavy atom. The molecule has 0 aromatic carbocycles. The number of sulfone groups is 1. The first-order chi connectivity index (χ1) is 9.45. The number of carbonyl (C=O) groups excluding carboxylic acids is 1. The third-order valence-corrected chi connectivity index (χ3v) is 7.44. The van der Waals surface area contributed by atoms with E-state index in [1.165, 1.54) is 11.3 Å². The molecule has 1 aromatic heterocycles. The topological polar surface area (TPSA) is 66.5 Å². The van der Waals surface area contributed by atoms with E-state index in [4.69, 9.17) is 11.6 Å². The summed E-state index contributed by atoms with van der Waals surface area (Å²) in [5, 5.41) is 2.46. The van der Waals surface area contributed by atoms with E-state index in [1.807, 2.05) is 6.07 Å². The Morgan fingerprint density at radius 1 is 1.45 bits per heavy atom. The summed E-state index contributed by atoms with van der Waals surface area (Å²) in [7, 11) is -2.99. The molecular weight excluding hydrogens is 320 g/mol. The molecule has 2 fully saturated rings. The van der Waals surface area contributed by atoms with Gasteiger partial charge in [-0.1, -0.05) is 11.6 Å². The van der Waals surface area contributed by atoms with E-state index in [1.54, 1.807) is 11.0 Å². The number of hydrogen-bond donors (Lipinski definition) is 1. The number of hydrogen-bond acceptors (Lipinski definition) is 4. The van der Waals surface area contributed by atoms with E-state index >= 15 is 0 Å². The molecule has 3 heterocycles. The maximum atomic E-state index is 12.1. The Kier molecular flexibility index (Phi) is 3.68. The molecule has 5 nitrogen and oxygen atoms in total. The minimum atomic E-state index is -2.99. The third-order valence-electron chi connectivity index (χ3n) is 3.95. The Balaban J connectivity index is 1.57. The second-order valence-corrected chi connectivity index (χ2v) is 9.36. The molecule has 3 rings (SSSR count). The lowest BCUT2D eigenvalue weighted by molar-refractivity contribution is 0.206. The zero-order valence-electron chi connectivity index (χ0n) is 10.7.